The van der Waals surface area contributed by atoms with E-state index in [-0.39, 0.29) is 18.0 Å². The first-order chi connectivity index (χ1) is 20.1. The van der Waals surface area contributed by atoms with Gasteiger partial charge in [-0.15, -0.1) is 0 Å². The highest BCUT2D eigenvalue weighted by molar-refractivity contribution is 5.83. The summed E-state index contributed by atoms with van der Waals surface area (Å²) in [6.07, 6.45) is 3.58. The first-order valence-electron chi connectivity index (χ1n) is 14.0. The van der Waals surface area contributed by atoms with Gasteiger partial charge in [0.05, 0.1) is 23.9 Å². The number of anilines is 2. The summed E-state index contributed by atoms with van der Waals surface area (Å²) < 4.78 is 12.5. The lowest BCUT2D eigenvalue weighted by atomic mass is 10.00. The van der Waals surface area contributed by atoms with E-state index < -0.39 is 12.0 Å². The summed E-state index contributed by atoms with van der Waals surface area (Å²) in [6, 6.07) is 8.05. The van der Waals surface area contributed by atoms with Gasteiger partial charge in [0.1, 0.15) is 23.4 Å². The topological polar surface area (TPSA) is 136 Å². The zero-order chi connectivity index (χ0) is 30.6. The average molecular weight is 575 g/mol. The molecule has 3 heterocycles. The first-order valence-corrected chi connectivity index (χ1v) is 14.0. The van der Waals surface area contributed by atoms with Gasteiger partial charge in [-0.1, -0.05) is 29.4 Å². The molecule has 4 rings (SSSR count). The quantitative estimate of drug-likeness (QED) is 0.235. The Kier molecular flexibility index (Phi) is 9.29. The summed E-state index contributed by atoms with van der Waals surface area (Å²) >= 11 is 0. The Morgan fingerprint density at radius 3 is 2.36 bits per heavy atom. The van der Waals surface area contributed by atoms with Crippen LogP contribution in [0.25, 0.3) is 22.3 Å². The third kappa shape index (κ3) is 6.14. The number of carbonyl (C=O) groups is 1. The van der Waals surface area contributed by atoms with E-state index in [1.54, 1.807) is 30.0 Å². The molecular weight excluding hydrogens is 536 g/mol. The van der Waals surface area contributed by atoms with E-state index in [4.69, 9.17) is 14.2 Å². The van der Waals surface area contributed by atoms with Crippen LogP contribution in [0.1, 0.15) is 50.8 Å². The van der Waals surface area contributed by atoms with Crippen LogP contribution in [0.4, 0.5) is 11.8 Å². The Morgan fingerprint density at radius 1 is 1.12 bits per heavy atom. The standard InChI is InChI=1S/C31H38N6O5/c1-8-36(9-2)31-32-17-23(26-19(5)35-42-20(26)6)28(34-31)33-24(30(39)40)16-21-10-12-22(13-11-21)27-25(41-7)14-15-37(18(3)4)29(27)38/h10-15,17-18,24H,8-9,16H2,1-7H3,(H,39,40)(H,32,33,34)/t24-/m0/s1. The van der Waals surface area contributed by atoms with Crippen LogP contribution in [0.3, 0.4) is 0 Å². The molecule has 0 saturated carbocycles. The molecule has 1 atom stereocenters. The predicted molar refractivity (Wildman–Crippen MR) is 162 cm³/mol. The number of ether oxygens (including phenoxy) is 1. The van der Waals surface area contributed by atoms with Crippen molar-refractivity contribution in [1.29, 1.82) is 0 Å². The van der Waals surface area contributed by atoms with Crippen molar-refractivity contribution in [2.75, 3.05) is 30.4 Å². The average Bonchev–Trinajstić information content (AvgIpc) is 3.30. The first kappa shape index (κ1) is 30.3. The third-order valence-electron chi connectivity index (χ3n) is 7.27. The maximum atomic E-state index is 13.2. The van der Waals surface area contributed by atoms with Gasteiger partial charge in [0.25, 0.3) is 5.56 Å². The highest BCUT2D eigenvalue weighted by Gasteiger charge is 2.25. The second-order valence-electron chi connectivity index (χ2n) is 10.3. The van der Waals surface area contributed by atoms with Crippen molar-refractivity contribution < 1.29 is 19.2 Å². The van der Waals surface area contributed by atoms with Crippen molar-refractivity contribution in [3.63, 3.8) is 0 Å². The minimum Gasteiger partial charge on any atom is -0.496 e. The molecule has 222 valence electrons. The smallest absolute Gasteiger partial charge is 0.326 e. The summed E-state index contributed by atoms with van der Waals surface area (Å²) in [7, 11) is 1.53. The zero-order valence-corrected chi connectivity index (χ0v) is 25.1. The van der Waals surface area contributed by atoms with Crippen molar-refractivity contribution in [3.05, 3.63) is 70.1 Å². The van der Waals surface area contributed by atoms with Gasteiger partial charge in [-0.05, 0) is 58.7 Å². The molecule has 0 radical (unpaired) electrons. The molecule has 11 heteroatoms. The number of nitrogens with one attached hydrogen (secondary N) is 1. The lowest BCUT2D eigenvalue weighted by Gasteiger charge is -2.22. The molecule has 0 unspecified atom stereocenters. The Bertz CT molecular complexity index is 1590. The number of aliphatic carboxylic acids is 1. The van der Waals surface area contributed by atoms with Crippen molar-refractivity contribution in [3.8, 4) is 28.0 Å². The number of methoxy groups -OCH3 is 1. The zero-order valence-electron chi connectivity index (χ0n) is 25.1. The van der Waals surface area contributed by atoms with Gasteiger partial charge in [0.2, 0.25) is 5.95 Å². The fourth-order valence-electron chi connectivity index (χ4n) is 4.98. The van der Waals surface area contributed by atoms with Crippen molar-refractivity contribution in [1.82, 2.24) is 19.7 Å². The SMILES string of the molecule is CCN(CC)c1ncc(-c2c(C)noc2C)c(N[C@@H](Cc2ccc(-c3c(OC)ccn(C(C)C)c3=O)cc2)C(=O)O)n1. The van der Waals surface area contributed by atoms with Gasteiger partial charge in [-0.3, -0.25) is 4.79 Å². The molecule has 0 bridgehead atoms. The number of carboxylic acid groups (broad SMARTS) is 1. The van der Waals surface area contributed by atoms with E-state index in [1.807, 2.05) is 63.8 Å². The number of pyridine rings is 1. The molecule has 3 aromatic heterocycles. The van der Waals surface area contributed by atoms with Crippen LogP contribution in [0.2, 0.25) is 0 Å². The number of aromatic nitrogens is 4. The summed E-state index contributed by atoms with van der Waals surface area (Å²) in [5.74, 6) is 0.916. The third-order valence-corrected chi connectivity index (χ3v) is 7.27. The fourth-order valence-corrected chi connectivity index (χ4v) is 4.98. The van der Waals surface area contributed by atoms with Crippen LogP contribution in [0.5, 0.6) is 5.75 Å². The largest absolute Gasteiger partial charge is 0.496 e. The molecule has 0 saturated heterocycles. The van der Waals surface area contributed by atoms with Gasteiger partial charge in [0.15, 0.2) is 0 Å². The van der Waals surface area contributed by atoms with E-state index >= 15 is 0 Å². The molecular formula is C31H38N6O5. The predicted octanol–water partition coefficient (Wildman–Crippen LogP) is 5.12. The van der Waals surface area contributed by atoms with Gasteiger partial charge in [-0.2, -0.15) is 4.98 Å². The number of carboxylic acids is 1. The summed E-state index contributed by atoms with van der Waals surface area (Å²) in [4.78, 5) is 37.0. The van der Waals surface area contributed by atoms with Gasteiger partial charge < -0.3 is 29.2 Å². The molecule has 0 fully saturated rings. The maximum Gasteiger partial charge on any atom is 0.326 e. The summed E-state index contributed by atoms with van der Waals surface area (Å²) in [5, 5.41) is 17.4. The molecule has 0 aliphatic rings. The van der Waals surface area contributed by atoms with Crippen LogP contribution < -0.4 is 20.5 Å². The minimum absolute atomic E-state index is 0.0110. The number of rotatable bonds is 12. The van der Waals surface area contributed by atoms with E-state index in [0.29, 0.717) is 58.7 Å². The number of nitrogens with zero attached hydrogens (tertiary/aromatic N) is 5. The van der Waals surface area contributed by atoms with E-state index in [9.17, 15) is 14.7 Å². The van der Waals surface area contributed by atoms with Crippen LogP contribution in [-0.2, 0) is 11.2 Å². The summed E-state index contributed by atoms with van der Waals surface area (Å²) in [5.41, 5.74) is 3.77. The molecule has 4 aromatic rings. The number of benzene rings is 1. The Labute approximate surface area is 245 Å². The Balaban J connectivity index is 1.68. The lowest BCUT2D eigenvalue weighted by Crippen LogP contribution is -2.33. The van der Waals surface area contributed by atoms with E-state index in [0.717, 1.165) is 11.1 Å². The number of hydrogen-bond acceptors (Lipinski definition) is 9. The summed E-state index contributed by atoms with van der Waals surface area (Å²) in [6.45, 7) is 12.9. The second-order valence-corrected chi connectivity index (χ2v) is 10.3. The van der Waals surface area contributed by atoms with E-state index in [2.05, 4.69) is 15.5 Å². The maximum absolute atomic E-state index is 13.2. The number of hydrogen-bond donors (Lipinski definition) is 2. The lowest BCUT2D eigenvalue weighted by molar-refractivity contribution is -0.137. The minimum atomic E-state index is -1.03. The normalized spacial score (nSPS) is 11.9. The second kappa shape index (κ2) is 12.9. The van der Waals surface area contributed by atoms with Gasteiger partial charge in [0, 0.05) is 43.5 Å². The molecule has 1 aromatic carbocycles. The molecule has 2 N–H and O–H groups in total. The van der Waals surface area contributed by atoms with Crippen LogP contribution in [0.15, 0.2) is 52.0 Å². The van der Waals surface area contributed by atoms with E-state index in [1.165, 1.54) is 7.11 Å². The highest BCUT2D eigenvalue weighted by atomic mass is 16.5. The van der Waals surface area contributed by atoms with Crippen molar-refractivity contribution in [2.45, 2.75) is 60.0 Å². The van der Waals surface area contributed by atoms with Gasteiger partial charge in [-0.25, -0.2) is 9.78 Å². The van der Waals surface area contributed by atoms with Crippen LogP contribution in [-0.4, -0.2) is 57.0 Å². The number of aryl methyl sites for hydroxylation is 2. The molecule has 11 nitrogen and oxygen atoms in total. The van der Waals surface area contributed by atoms with Crippen LogP contribution in [0, 0.1) is 13.8 Å². The van der Waals surface area contributed by atoms with Gasteiger partial charge >= 0.3 is 5.97 Å². The van der Waals surface area contributed by atoms with Crippen LogP contribution >= 0.6 is 0 Å². The Morgan fingerprint density at radius 2 is 1.81 bits per heavy atom. The molecule has 0 aliphatic carbocycles. The molecule has 0 aliphatic heterocycles. The monoisotopic (exact) mass is 574 g/mol. The highest BCUT2D eigenvalue weighted by Crippen LogP contribution is 2.33. The Hall–Kier alpha value is -4.67. The molecule has 0 amide bonds. The van der Waals surface area contributed by atoms with Crippen molar-refractivity contribution >= 4 is 17.7 Å². The molecule has 42 heavy (non-hydrogen) atoms. The fraction of sp³-hybridized carbons (Fsp3) is 0.387. The van der Waals surface area contributed by atoms with Crippen molar-refractivity contribution in [2.24, 2.45) is 0 Å². The molecule has 0 spiro atoms.